The number of carbonyl (C=O) groups excluding carboxylic acids is 1. The van der Waals surface area contributed by atoms with Crippen molar-refractivity contribution in [3.05, 3.63) is 59.4 Å². The van der Waals surface area contributed by atoms with Gasteiger partial charge >= 0.3 is 12.4 Å². The van der Waals surface area contributed by atoms with E-state index in [2.05, 4.69) is 4.98 Å². The molecule has 0 radical (unpaired) electrons. The highest BCUT2D eigenvalue weighted by Gasteiger charge is 2.41. The standard InChI is InChI=1S/C22H22F6N2O2/c1-2-5-17-18(32-15-10-8-14(9-11-15)21(23,24)25)7-4-13-30(17)20(31)19-16(22(26,27)28)6-3-12-29-19/h3,6,8-12,17-18H,2,4-5,7,13H2,1H3. The van der Waals surface area contributed by atoms with Crippen LogP contribution in [-0.4, -0.2) is 34.5 Å². The Kier molecular flexibility index (Phi) is 7.00. The zero-order valence-electron chi connectivity index (χ0n) is 17.2. The van der Waals surface area contributed by atoms with Crippen LogP contribution in [0.3, 0.4) is 0 Å². The largest absolute Gasteiger partial charge is 0.488 e. The maximum atomic E-state index is 13.4. The summed E-state index contributed by atoms with van der Waals surface area (Å²) < 4.78 is 84.4. The van der Waals surface area contributed by atoms with Crippen molar-refractivity contribution in [3.63, 3.8) is 0 Å². The molecule has 1 aliphatic heterocycles. The van der Waals surface area contributed by atoms with Crippen LogP contribution in [0.5, 0.6) is 5.75 Å². The van der Waals surface area contributed by atoms with Crippen molar-refractivity contribution in [2.24, 2.45) is 0 Å². The summed E-state index contributed by atoms with van der Waals surface area (Å²) in [6, 6.07) is 5.61. The molecule has 2 heterocycles. The molecule has 2 aromatic rings. The highest BCUT2D eigenvalue weighted by Crippen LogP contribution is 2.34. The lowest BCUT2D eigenvalue weighted by atomic mass is 9.94. The molecule has 1 aliphatic rings. The van der Waals surface area contributed by atoms with Crippen molar-refractivity contribution < 1.29 is 35.9 Å². The Balaban J connectivity index is 1.85. The van der Waals surface area contributed by atoms with Gasteiger partial charge in [-0.05, 0) is 55.7 Å². The molecular formula is C22H22F6N2O2. The molecule has 1 fully saturated rings. The second-order valence-corrected chi connectivity index (χ2v) is 7.57. The molecule has 0 spiro atoms. The van der Waals surface area contributed by atoms with Crippen LogP contribution in [0, 0.1) is 0 Å². The average Bonchev–Trinajstić information content (AvgIpc) is 2.74. The predicted molar refractivity (Wildman–Crippen MR) is 104 cm³/mol. The van der Waals surface area contributed by atoms with Gasteiger partial charge in [-0.25, -0.2) is 0 Å². The summed E-state index contributed by atoms with van der Waals surface area (Å²) in [6.45, 7) is 2.11. The van der Waals surface area contributed by atoms with Gasteiger partial charge in [0.15, 0.2) is 0 Å². The second-order valence-electron chi connectivity index (χ2n) is 7.57. The molecule has 2 atom stereocenters. The summed E-state index contributed by atoms with van der Waals surface area (Å²) in [5.41, 5.74) is -2.59. The molecule has 3 rings (SSSR count). The number of piperidine rings is 1. The molecule has 1 aromatic carbocycles. The van der Waals surface area contributed by atoms with Gasteiger partial charge in [0.05, 0.1) is 17.2 Å². The van der Waals surface area contributed by atoms with Crippen LogP contribution in [0.4, 0.5) is 26.3 Å². The molecule has 32 heavy (non-hydrogen) atoms. The number of nitrogens with zero attached hydrogens (tertiary/aromatic N) is 2. The molecular weight excluding hydrogens is 438 g/mol. The summed E-state index contributed by atoms with van der Waals surface area (Å²) in [5, 5.41) is 0. The highest BCUT2D eigenvalue weighted by atomic mass is 19.4. The third-order valence-corrected chi connectivity index (χ3v) is 5.35. The zero-order chi connectivity index (χ0) is 23.5. The van der Waals surface area contributed by atoms with Gasteiger partial charge in [0.25, 0.3) is 5.91 Å². The van der Waals surface area contributed by atoms with Crippen LogP contribution < -0.4 is 4.74 Å². The lowest BCUT2D eigenvalue weighted by Crippen LogP contribution is -2.53. The predicted octanol–water partition coefficient (Wildman–Crippen LogP) is 5.97. The summed E-state index contributed by atoms with van der Waals surface area (Å²) >= 11 is 0. The molecule has 10 heteroatoms. The fourth-order valence-corrected chi connectivity index (χ4v) is 3.89. The van der Waals surface area contributed by atoms with Gasteiger partial charge in [0.1, 0.15) is 17.5 Å². The fraction of sp³-hybridized carbons (Fsp3) is 0.455. The number of rotatable bonds is 5. The van der Waals surface area contributed by atoms with Crippen LogP contribution in [-0.2, 0) is 12.4 Å². The molecule has 0 N–H and O–H groups in total. The van der Waals surface area contributed by atoms with Crippen molar-refractivity contribution in [2.45, 2.75) is 57.1 Å². The van der Waals surface area contributed by atoms with E-state index in [0.717, 1.165) is 30.5 Å². The Labute approximate surface area is 181 Å². The number of hydrogen-bond donors (Lipinski definition) is 0. The van der Waals surface area contributed by atoms with Crippen LogP contribution in [0.15, 0.2) is 42.6 Å². The number of halogens is 6. The zero-order valence-corrected chi connectivity index (χ0v) is 17.2. The first kappa shape index (κ1) is 23.9. The van der Waals surface area contributed by atoms with Crippen molar-refractivity contribution in [2.75, 3.05) is 6.54 Å². The highest BCUT2D eigenvalue weighted by molar-refractivity contribution is 5.94. The molecule has 0 saturated carbocycles. The van der Waals surface area contributed by atoms with Crippen LogP contribution in [0.1, 0.15) is 54.2 Å². The third-order valence-electron chi connectivity index (χ3n) is 5.35. The Bertz CT molecular complexity index is 927. The first-order valence-electron chi connectivity index (χ1n) is 10.2. The Hall–Kier alpha value is -2.78. The number of benzene rings is 1. The maximum absolute atomic E-state index is 13.4. The van der Waals surface area contributed by atoms with E-state index in [1.165, 1.54) is 17.0 Å². The number of hydrogen-bond acceptors (Lipinski definition) is 3. The van der Waals surface area contributed by atoms with Gasteiger partial charge < -0.3 is 9.64 Å². The van der Waals surface area contributed by atoms with Crippen LogP contribution >= 0.6 is 0 Å². The Morgan fingerprint density at radius 3 is 2.38 bits per heavy atom. The number of ether oxygens (including phenoxy) is 1. The van der Waals surface area contributed by atoms with Crippen LogP contribution in [0.2, 0.25) is 0 Å². The minimum absolute atomic E-state index is 0.201. The minimum atomic E-state index is -4.73. The summed E-state index contributed by atoms with van der Waals surface area (Å²) in [4.78, 5) is 18.1. The topological polar surface area (TPSA) is 42.4 Å². The number of pyridine rings is 1. The van der Waals surface area contributed by atoms with Crippen molar-refractivity contribution in [1.29, 1.82) is 0 Å². The smallest absolute Gasteiger partial charge is 0.418 e. The van der Waals surface area contributed by atoms with E-state index in [1.54, 1.807) is 0 Å². The molecule has 1 saturated heterocycles. The molecule has 0 bridgehead atoms. The van der Waals surface area contributed by atoms with Gasteiger partial charge in [-0.2, -0.15) is 26.3 Å². The number of carbonyl (C=O) groups is 1. The lowest BCUT2D eigenvalue weighted by molar-refractivity contribution is -0.138. The molecule has 1 amide bonds. The Morgan fingerprint density at radius 2 is 1.78 bits per heavy atom. The van der Waals surface area contributed by atoms with Gasteiger partial charge in [-0.3, -0.25) is 9.78 Å². The lowest BCUT2D eigenvalue weighted by Gasteiger charge is -2.41. The van der Waals surface area contributed by atoms with E-state index in [9.17, 15) is 31.1 Å². The van der Waals surface area contributed by atoms with Crippen molar-refractivity contribution in [1.82, 2.24) is 9.88 Å². The molecule has 1 aromatic heterocycles. The first-order valence-corrected chi connectivity index (χ1v) is 10.2. The second kappa shape index (κ2) is 9.38. The number of amides is 1. The monoisotopic (exact) mass is 460 g/mol. The normalized spacial score (nSPS) is 19.7. The van der Waals surface area contributed by atoms with Crippen molar-refractivity contribution >= 4 is 5.91 Å². The minimum Gasteiger partial charge on any atom is -0.488 e. The Morgan fingerprint density at radius 1 is 1.09 bits per heavy atom. The average molecular weight is 460 g/mol. The number of likely N-dealkylation sites (tertiary alicyclic amines) is 1. The molecule has 4 nitrogen and oxygen atoms in total. The molecule has 174 valence electrons. The summed E-state index contributed by atoms with van der Waals surface area (Å²) in [5.74, 6) is -0.635. The quantitative estimate of drug-likeness (QED) is 0.517. The van der Waals surface area contributed by atoms with Crippen molar-refractivity contribution in [3.8, 4) is 5.75 Å². The number of aromatic nitrogens is 1. The van der Waals surface area contributed by atoms with Gasteiger partial charge in [-0.1, -0.05) is 13.3 Å². The van der Waals surface area contributed by atoms with E-state index < -0.39 is 47.2 Å². The van der Waals surface area contributed by atoms with Gasteiger partial charge in [0.2, 0.25) is 0 Å². The SMILES string of the molecule is CCCC1C(Oc2ccc(C(F)(F)F)cc2)CCCN1C(=O)c1ncccc1C(F)(F)F. The van der Waals surface area contributed by atoms with E-state index in [0.29, 0.717) is 25.7 Å². The maximum Gasteiger partial charge on any atom is 0.418 e. The molecule has 0 aliphatic carbocycles. The summed E-state index contributed by atoms with van der Waals surface area (Å²) in [7, 11) is 0. The van der Waals surface area contributed by atoms with Crippen LogP contribution in [0.25, 0.3) is 0 Å². The van der Waals surface area contributed by atoms with Gasteiger partial charge in [-0.15, -0.1) is 0 Å². The molecule has 2 unspecified atom stereocenters. The van der Waals surface area contributed by atoms with Gasteiger partial charge in [0, 0.05) is 12.7 Å². The fourth-order valence-electron chi connectivity index (χ4n) is 3.89. The van der Waals surface area contributed by atoms with E-state index in [4.69, 9.17) is 4.74 Å². The van der Waals surface area contributed by atoms with E-state index in [1.807, 2.05) is 6.92 Å². The number of alkyl halides is 6. The van der Waals surface area contributed by atoms with E-state index >= 15 is 0 Å². The third kappa shape index (κ3) is 5.34. The van der Waals surface area contributed by atoms with E-state index in [-0.39, 0.29) is 12.3 Å². The first-order chi connectivity index (χ1) is 15.0. The summed E-state index contributed by atoms with van der Waals surface area (Å²) in [6.07, 6.45) is -6.54.